The first-order valence-corrected chi connectivity index (χ1v) is 11.9. The lowest BCUT2D eigenvalue weighted by Crippen LogP contribution is -2.29. The molecule has 31 heavy (non-hydrogen) atoms. The third-order valence-corrected chi connectivity index (χ3v) is 7.46. The first kappa shape index (κ1) is 21.1. The van der Waals surface area contributed by atoms with Gasteiger partial charge in [0.1, 0.15) is 0 Å². The fourth-order valence-corrected chi connectivity index (χ4v) is 5.28. The molecule has 1 amide bonds. The van der Waals surface area contributed by atoms with Gasteiger partial charge in [0.25, 0.3) is 15.9 Å². The standard InChI is InChI=1S/C25H26N2O3S/c1-18(2)20-10-8-19(9-11-20)17-26-25(28)22-13-12-21-14-15-27(24(21)16-22)31(29,30)23-6-4-3-5-7-23/h3-13,16,18H,14-15,17H2,1-2H3,(H,26,28). The Labute approximate surface area is 183 Å². The molecule has 0 saturated carbocycles. The van der Waals surface area contributed by atoms with Crippen LogP contribution in [-0.2, 0) is 23.0 Å². The Bertz CT molecular complexity index is 1190. The second-order valence-corrected chi connectivity index (χ2v) is 9.92. The summed E-state index contributed by atoms with van der Waals surface area (Å²) in [4.78, 5) is 13.0. The number of hydrogen-bond acceptors (Lipinski definition) is 3. The van der Waals surface area contributed by atoms with Crippen LogP contribution in [-0.4, -0.2) is 20.9 Å². The number of rotatable bonds is 6. The molecule has 0 atom stereocenters. The molecule has 5 nitrogen and oxygen atoms in total. The van der Waals surface area contributed by atoms with Crippen LogP contribution in [0.15, 0.2) is 77.7 Å². The average Bonchev–Trinajstić information content (AvgIpc) is 3.22. The molecule has 0 aliphatic carbocycles. The van der Waals surface area contributed by atoms with Crippen LogP contribution in [0.3, 0.4) is 0 Å². The van der Waals surface area contributed by atoms with Crippen molar-refractivity contribution in [3.63, 3.8) is 0 Å². The Balaban J connectivity index is 1.51. The molecule has 0 fully saturated rings. The summed E-state index contributed by atoms with van der Waals surface area (Å²) in [7, 11) is -3.66. The van der Waals surface area contributed by atoms with E-state index in [9.17, 15) is 13.2 Å². The zero-order valence-electron chi connectivity index (χ0n) is 17.7. The van der Waals surface area contributed by atoms with Gasteiger partial charge in [-0.15, -0.1) is 0 Å². The molecule has 0 radical (unpaired) electrons. The Hall–Kier alpha value is -3.12. The largest absolute Gasteiger partial charge is 0.348 e. The minimum atomic E-state index is -3.66. The molecule has 1 heterocycles. The van der Waals surface area contributed by atoms with E-state index in [0.29, 0.717) is 36.7 Å². The Kier molecular flexibility index (Phi) is 5.83. The Morgan fingerprint density at radius 2 is 1.71 bits per heavy atom. The summed E-state index contributed by atoms with van der Waals surface area (Å²) < 4.78 is 27.6. The molecule has 3 aromatic carbocycles. The monoisotopic (exact) mass is 434 g/mol. The van der Waals surface area contributed by atoms with Crippen LogP contribution in [0.4, 0.5) is 5.69 Å². The van der Waals surface area contributed by atoms with E-state index in [1.807, 2.05) is 18.2 Å². The predicted octanol–water partition coefficient (Wildman–Crippen LogP) is 4.49. The van der Waals surface area contributed by atoms with Crippen molar-refractivity contribution in [1.29, 1.82) is 0 Å². The van der Waals surface area contributed by atoms with E-state index in [1.165, 1.54) is 9.87 Å². The molecule has 1 N–H and O–H groups in total. The predicted molar refractivity (Wildman–Crippen MR) is 123 cm³/mol. The first-order chi connectivity index (χ1) is 14.9. The number of carbonyl (C=O) groups excluding carboxylic acids is 1. The van der Waals surface area contributed by atoms with E-state index in [1.54, 1.807) is 42.5 Å². The van der Waals surface area contributed by atoms with Crippen LogP contribution < -0.4 is 9.62 Å². The van der Waals surface area contributed by atoms with Crippen molar-refractivity contribution in [3.8, 4) is 0 Å². The van der Waals surface area contributed by atoms with E-state index in [2.05, 4.69) is 31.3 Å². The van der Waals surface area contributed by atoms with E-state index in [4.69, 9.17) is 0 Å². The number of hydrogen-bond donors (Lipinski definition) is 1. The number of anilines is 1. The molecule has 0 saturated heterocycles. The van der Waals surface area contributed by atoms with Crippen LogP contribution in [0.1, 0.15) is 46.8 Å². The number of benzene rings is 3. The second-order valence-electron chi connectivity index (χ2n) is 8.06. The summed E-state index contributed by atoms with van der Waals surface area (Å²) >= 11 is 0. The highest BCUT2D eigenvalue weighted by atomic mass is 32.2. The maximum absolute atomic E-state index is 13.1. The summed E-state index contributed by atoms with van der Waals surface area (Å²) in [5, 5.41) is 2.93. The maximum Gasteiger partial charge on any atom is 0.264 e. The van der Waals surface area contributed by atoms with Gasteiger partial charge in [-0.25, -0.2) is 8.42 Å². The van der Waals surface area contributed by atoms with Gasteiger partial charge < -0.3 is 5.32 Å². The molecule has 0 spiro atoms. The van der Waals surface area contributed by atoms with E-state index >= 15 is 0 Å². The Morgan fingerprint density at radius 3 is 2.39 bits per heavy atom. The van der Waals surface area contributed by atoms with Crippen LogP contribution >= 0.6 is 0 Å². The molecule has 4 rings (SSSR count). The van der Waals surface area contributed by atoms with Gasteiger partial charge in [-0.1, -0.05) is 62.4 Å². The zero-order chi connectivity index (χ0) is 22.0. The number of nitrogens with one attached hydrogen (secondary N) is 1. The van der Waals surface area contributed by atoms with Crippen LogP contribution in [0, 0.1) is 0 Å². The van der Waals surface area contributed by atoms with Crippen molar-refractivity contribution in [1.82, 2.24) is 5.32 Å². The summed E-state index contributed by atoms with van der Waals surface area (Å²) in [5.74, 6) is 0.241. The fourth-order valence-electron chi connectivity index (χ4n) is 3.77. The van der Waals surface area contributed by atoms with Crippen molar-refractivity contribution in [2.75, 3.05) is 10.8 Å². The maximum atomic E-state index is 13.1. The van der Waals surface area contributed by atoms with Gasteiger partial charge >= 0.3 is 0 Å². The van der Waals surface area contributed by atoms with Gasteiger partial charge in [0.2, 0.25) is 0 Å². The average molecular weight is 435 g/mol. The third-order valence-electron chi connectivity index (χ3n) is 5.63. The number of amides is 1. The van der Waals surface area contributed by atoms with Crippen LogP contribution in [0.2, 0.25) is 0 Å². The molecule has 160 valence electrons. The van der Waals surface area contributed by atoms with Crippen molar-refractivity contribution >= 4 is 21.6 Å². The second kappa shape index (κ2) is 8.55. The van der Waals surface area contributed by atoms with Crippen molar-refractivity contribution < 1.29 is 13.2 Å². The topological polar surface area (TPSA) is 66.5 Å². The molecule has 1 aliphatic heterocycles. The van der Waals surface area contributed by atoms with Gasteiger partial charge in [0.15, 0.2) is 0 Å². The van der Waals surface area contributed by atoms with Crippen molar-refractivity contribution in [2.24, 2.45) is 0 Å². The first-order valence-electron chi connectivity index (χ1n) is 10.4. The highest BCUT2D eigenvalue weighted by Crippen LogP contribution is 2.33. The molecule has 0 bridgehead atoms. The van der Waals surface area contributed by atoms with Gasteiger partial charge in [0, 0.05) is 18.7 Å². The molecule has 1 aliphatic rings. The number of fused-ring (bicyclic) bond motifs is 1. The van der Waals surface area contributed by atoms with Crippen molar-refractivity contribution in [3.05, 3.63) is 95.1 Å². The lowest BCUT2D eigenvalue weighted by atomic mass is 10.0. The SMILES string of the molecule is CC(C)c1ccc(CNC(=O)c2ccc3c(c2)N(S(=O)(=O)c2ccccc2)CC3)cc1. The van der Waals surface area contributed by atoms with Gasteiger partial charge in [-0.2, -0.15) is 0 Å². The molecule has 0 unspecified atom stereocenters. The quantitative estimate of drug-likeness (QED) is 0.622. The van der Waals surface area contributed by atoms with E-state index in [0.717, 1.165) is 11.1 Å². The highest BCUT2D eigenvalue weighted by molar-refractivity contribution is 7.92. The van der Waals surface area contributed by atoms with Gasteiger partial charge in [0.05, 0.1) is 10.6 Å². The fraction of sp³-hybridized carbons (Fsp3) is 0.240. The molecular formula is C25H26N2O3S. The number of carbonyl (C=O) groups is 1. The van der Waals surface area contributed by atoms with Gasteiger partial charge in [-0.05, 0) is 53.3 Å². The van der Waals surface area contributed by atoms with Crippen molar-refractivity contribution in [2.45, 2.75) is 37.6 Å². The third kappa shape index (κ3) is 4.35. The lowest BCUT2D eigenvalue weighted by Gasteiger charge is -2.20. The van der Waals surface area contributed by atoms with E-state index in [-0.39, 0.29) is 10.8 Å². The van der Waals surface area contributed by atoms with Gasteiger partial charge in [-0.3, -0.25) is 9.10 Å². The smallest absolute Gasteiger partial charge is 0.264 e. The molecule has 0 aromatic heterocycles. The highest BCUT2D eigenvalue weighted by Gasteiger charge is 2.31. The van der Waals surface area contributed by atoms with E-state index < -0.39 is 10.0 Å². The molecular weight excluding hydrogens is 408 g/mol. The lowest BCUT2D eigenvalue weighted by molar-refractivity contribution is 0.0951. The molecule has 6 heteroatoms. The van der Waals surface area contributed by atoms with Crippen LogP contribution in [0.25, 0.3) is 0 Å². The normalized spacial score (nSPS) is 13.3. The zero-order valence-corrected chi connectivity index (χ0v) is 18.5. The minimum absolute atomic E-state index is 0.223. The Morgan fingerprint density at radius 1 is 1.00 bits per heavy atom. The summed E-state index contributed by atoms with van der Waals surface area (Å²) in [6.07, 6.45) is 0.630. The number of sulfonamides is 1. The summed E-state index contributed by atoms with van der Waals surface area (Å²) in [6, 6.07) is 21.9. The summed E-state index contributed by atoms with van der Waals surface area (Å²) in [6.45, 7) is 5.08. The minimum Gasteiger partial charge on any atom is -0.348 e. The molecule has 3 aromatic rings. The van der Waals surface area contributed by atoms with Crippen LogP contribution in [0.5, 0.6) is 0 Å². The number of nitrogens with zero attached hydrogens (tertiary/aromatic N) is 1. The summed E-state index contributed by atoms with van der Waals surface area (Å²) in [5.41, 5.74) is 4.24.